The van der Waals surface area contributed by atoms with E-state index in [0.717, 1.165) is 0 Å². The summed E-state index contributed by atoms with van der Waals surface area (Å²) in [5, 5.41) is 12.1. The highest BCUT2D eigenvalue weighted by molar-refractivity contribution is 4.43. The highest BCUT2D eigenvalue weighted by Gasteiger charge is 1.89. The Kier molecular flexibility index (Phi) is 7.47. The molecule has 0 aliphatic heterocycles. The zero-order chi connectivity index (χ0) is 9.23. The number of aromatic amines is 1. The Morgan fingerprint density at radius 1 is 1.17 bits per heavy atom. The van der Waals surface area contributed by atoms with E-state index in [1.165, 1.54) is 26.0 Å². The minimum atomic E-state index is 1.19. The molecule has 0 spiro atoms. The third kappa shape index (κ3) is 5.79. The van der Waals surface area contributed by atoms with Crippen LogP contribution in [0.3, 0.4) is 0 Å². The first kappa shape index (κ1) is 11.0. The Labute approximate surface area is 73.2 Å². The van der Waals surface area contributed by atoms with E-state index in [2.05, 4.69) is 46.3 Å². The minimum Gasteiger partial charge on any atom is -0.304 e. The molecular formula is C7H17N5. The van der Waals surface area contributed by atoms with Crippen LogP contribution in [-0.4, -0.2) is 45.2 Å². The van der Waals surface area contributed by atoms with Crippen molar-refractivity contribution in [1.82, 2.24) is 25.5 Å². The number of hydrogen-bond acceptors (Lipinski definition) is 4. The van der Waals surface area contributed by atoms with Gasteiger partial charge >= 0.3 is 0 Å². The number of aromatic nitrogens is 4. The van der Waals surface area contributed by atoms with Crippen molar-refractivity contribution in [2.75, 3.05) is 19.6 Å². The van der Waals surface area contributed by atoms with Gasteiger partial charge in [-0.05, 0) is 30.1 Å². The van der Waals surface area contributed by atoms with Gasteiger partial charge in [0, 0.05) is 0 Å². The molecule has 0 unspecified atom stereocenters. The normalized spacial score (nSPS) is 9.33. The van der Waals surface area contributed by atoms with Crippen LogP contribution < -0.4 is 0 Å². The van der Waals surface area contributed by atoms with E-state index in [1.807, 2.05) is 0 Å². The second-order valence-electron chi connectivity index (χ2n) is 2.18. The molecule has 5 heteroatoms. The summed E-state index contributed by atoms with van der Waals surface area (Å²) in [6, 6.07) is 0. The van der Waals surface area contributed by atoms with Crippen LogP contribution >= 0.6 is 0 Å². The molecule has 0 fully saturated rings. The summed E-state index contributed by atoms with van der Waals surface area (Å²) in [7, 11) is 0. The van der Waals surface area contributed by atoms with Crippen LogP contribution in [0.15, 0.2) is 6.33 Å². The average molecular weight is 171 g/mol. The molecule has 0 saturated heterocycles. The second kappa shape index (κ2) is 8.13. The van der Waals surface area contributed by atoms with E-state index >= 15 is 0 Å². The number of hydrogen-bond donors (Lipinski definition) is 1. The van der Waals surface area contributed by atoms with E-state index < -0.39 is 0 Å². The molecule has 1 heterocycles. The lowest BCUT2D eigenvalue weighted by Crippen LogP contribution is -2.21. The molecule has 0 atom stereocenters. The van der Waals surface area contributed by atoms with E-state index in [4.69, 9.17) is 0 Å². The highest BCUT2D eigenvalue weighted by Crippen LogP contribution is 1.81. The van der Waals surface area contributed by atoms with E-state index in [-0.39, 0.29) is 0 Å². The summed E-state index contributed by atoms with van der Waals surface area (Å²) >= 11 is 0. The van der Waals surface area contributed by atoms with Crippen LogP contribution in [0, 0.1) is 0 Å². The summed E-state index contributed by atoms with van der Waals surface area (Å²) in [5.41, 5.74) is 0. The number of tetrazole rings is 1. The minimum absolute atomic E-state index is 1.19. The standard InChI is InChI=1S/C6H15N.CH2N4/c1-4-7(5-2)6-3;1-2-4-5-3-1/h4-6H2,1-3H3;1H,(H,2,3,4,5). The lowest BCUT2D eigenvalue weighted by Gasteiger charge is -2.13. The number of rotatable bonds is 3. The predicted molar refractivity (Wildman–Crippen MR) is 47.6 cm³/mol. The van der Waals surface area contributed by atoms with Crippen LogP contribution in [0.1, 0.15) is 20.8 Å². The van der Waals surface area contributed by atoms with Crippen molar-refractivity contribution in [3.05, 3.63) is 6.33 Å². The molecule has 0 aliphatic rings. The molecule has 1 rings (SSSR count). The van der Waals surface area contributed by atoms with Crippen LogP contribution in [0.2, 0.25) is 0 Å². The molecule has 5 nitrogen and oxygen atoms in total. The molecule has 1 aromatic heterocycles. The SMILES string of the molecule is CCN(CC)CC.c1nnn[nH]1. The summed E-state index contributed by atoms with van der Waals surface area (Å²) < 4.78 is 0. The molecule has 0 radical (unpaired) electrons. The Balaban J connectivity index is 0.000000211. The summed E-state index contributed by atoms with van der Waals surface area (Å²) in [6.07, 6.45) is 1.40. The third-order valence-electron chi connectivity index (χ3n) is 1.61. The van der Waals surface area contributed by atoms with Crippen molar-refractivity contribution in [1.29, 1.82) is 0 Å². The van der Waals surface area contributed by atoms with Crippen LogP contribution in [0.25, 0.3) is 0 Å². The Morgan fingerprint density at radius 2 is 1.75 bits per heavy atom. The molecule has 0 bridgehead atoms. The van der Waals surface area contributed by atoms with Crippen LogP contribution in [0.5, 0.6) is 0 Å². The maximum Gasteiger partial charge on any atom is 0.135 e. The summed E-state index contributed by atoms with van der Waals surface area (Å²) in [5.74, 6) is 0. The smallest absolute Gasteiger partial charge is 0.135 e. The van der Waals surface area contributed by atoms with Crippen LogP contribution in [-0.2, 0) is 0 Å². The van der Waals surface area contributed by atoms with Gasteiger partial charge in [0.25, 0.3) is 0 Å². The fraction of sp³-hybridized carbons (Fsp3) is 0.857. The van der Waals surface area contributed by atoms with Gasteiger partial charge in [0.15, 0.2) is 0 Å². The molecule has 12 heavy (non-hydrogen) atoms. The fourth-order valence-corrected chi connectivity index (χ4v) is 0.800. The third-order valence-corrected chi connectivity index (χ3v) is 1.61. The number of nitrogens with zero attached hydrogens (tertiary/aromatic N) is 4. The Morgan fingerprint density at radius 3 is 1.83 bits per heavy atom. The first-order valence-corrected chi connectivity index (χ1v) is 4.24. The summed E-state index contributed by atoms with van der Waals surface area (Å²) in [6.45, 7) is 10.1. The Hall–Kier alpha value is -0.970. The van der Waals surface area contributed by atoms with Crippen LogP contribution in [0.4, 0.5) is 0 Å². The molecule has 1 aromatic rings. The molecule has 0 aromatic carbocycles. The van der Waals surface area contributed by atoms with Gasteiger partial charge in [0.05, 0.1) is 0 Å². The number of H-pyrrole nitrogens is 1. The van der Waals surface area contributed by atoms with Crippen molar-refractivity contribution in [2.45, 2.75) is 20.8 Å². The van der Waals surface area contributed by atoms with Crippen molar-refractivity contribution in [3.63, 3.8) is 0 Å². The average Bonchev–Trinajstić information content (AvgIpc) is 2.64. The van der Waals surface area contributed by atoms with Gasteiger partial charge in [-0.2, -0.15) is 0 Å². The van der Waals surface area contributed by atoms with E-state index in [9.17, 15) is 0 Å². The first-order valence-electron chi connectivity index (χ1n) is 4.24. The van der Waals surface area contributed by atoms with Gasteiger partial charge in [0.2, 0.25) is 0 Å². The van der Waals surface area contributed by atoms with Crippen molar-refractivity contribution < 1.29 is 0 Å². The predicted octanol–water partition coefficient (Wildman–Crippen LogP) is 0.548. The largest absolute Gasteiger partial charge is 0.304 e. The van der Waals surface area contributed by atoms with Gasteiger partial charge in [0.1, 0.15) is 6.33 Å². The molecule has 0 amide bonds. The summed E-state index contributed by atoms with van der Waals surface area (Å²) in [4.78, 5) is 2.38. The van der Waals surface area contributed by atoms with Gasteiger partial charge in [-0.1, -0.05) is 20.8 Å². The fourth-order valence-electron chi connectivity index (χ4n) is 0.800. The topological polar surface area (TPSA) is 57.7 Å². The van der Waals surface area contributed by atoms with Gasteiger partial charge in [-0.25, -0.2) is 5.10 Å². The first-order chi connectivity index (χ1) is 5.85. The highest BCUT2D eigenvalue weighted by atomic mass is 15.5. The molecule has 0 aliphatic carbocycles. The monoisotopic (exact) mass is 171 g/mol. The van der Waals surface area contributed by atoms with E-state index in [1.54, 1.807) is 0 Å². The quantitative estimate of drug-likeness (QED) is 0.721. The van der Waals surface area contributed by atoms with Crippen molar-refractivity contribution >= 4 is 0 Å². The number of nitrogens with one attached hydrogen (secondary N) is 1. The lowest BCUT2D eigenvalue weighted by atomic mass is 10.5. The maximum absolute atomic E-state index is 3.31. The molecular weight excluding hydrogens is 154 g/mol. The van der Waals surface area contributed by atoms with Gasteiger partial charge < -0.3 is 4.90 Å². The Bertz CT molecular complexity index is 124. The second-order valence-corrected chi connectivity index (χ2v) is 2.18. The van der Waals surface area contributed by atoms with Gasteiger partial charge in [-0.3, -0.25) is 0 Å². The zero-order valence-electron chi connectivity index (χ0n) is 7.99. The van der Waals surface area contributed by atoms with E-state index in [0.29, 0.717) is 0 Å². The zero-order valence-corrected chi connectivity index (χ0v) is 7.99. The lowest BCUT2D eigenvalue weighted by molar-refractivity contribution is 0.321. The van der Waals surface area contributed by atoms with Gasteiger partial charge in [-0.15, -0.1) is 5.10 Å². The molecule has 1 N–H and O–H groups in total. The maximum atomic E-state index is 3.31. The molecule has 0 saturated carbocycles. The van der Waals surface area contributed by atoms with Crippen molar-refractivity contribution in [3.8, 4) is 0 Å². The van der Waals surface area contributed by atoms with Crippen molar-refractivity contribution in [2.24, 2.45) is 0 Å². The molecule has 70 valence electrons.